The van der Waals surface area contributed by atoms with Crippen molar-refractivity contribution in [1.82, 2.24) is 5.23 Å². The second-order valence-corrected chi connectivity index (χ2v) is 2.91. The third-order valence-corrected chi connectivity index (χ3v) is 2.03. The molecule has 0 saturated carbocycles. The standard InChI is InChI=1S/C7H7BClF2NO/c9-5-2-1-4(7(10)11)6(5)12-8-3-13/h2-3,7-8,12H,1H2. The van der Waals surface area contributed by atoms with Crippen LogP contribution >= 0.6 is 11.6 Å². The van der Waals surface area contributed by atoms with Gasteiger partial charge in [-0.3, -0.25) is 0 Å². The number of carbonyl (C=O) groups is 1. The van der Waals surface area contributed by atoms with Gasteiger partial charge in [-0.05, 0) is 6.42 Å². The van der Waals surface area contributed by atoms with Crippen molar-refractivity contribution >= 4 is 25.2 Å². The van der Waals surface area contributed by atoms with E-state index in [1.54, 1.807) is 0 Å². The fraction of sp³-hybridized carbons (Fsp3) is 0.286. The highest BCUT2D eigenvalue weighted by atomic mass is 35.5. The van der Waals surface area contributed by atoms with Crippen LogP contribution in [0.1, 0.15) is 6.42 Å². The molecule has 0 amide bonds. The Morgan fingerprint density at radius 1 is 1.69 bits per heavy atom. The van der Waals surface area contributed by atoms with Crippen LogP contribution in [-0.2, 0) is 4.79 Å². The van der Waals surface area contributed by atoms with Crippen LogP contribution in [0.5, 0.6) is 0 Å². The van der Waals surface area contributed by atoms with E-state index in [1.807, 2.05) is 0 Å². The summed E-state index contributed by atoms with van der Waals surface area (Å²) in [6, 6.07) is 0. The summed E-state index contributed by atoms with van der Waals surface area (Å²) < 4.78 is 24.6. The average Bonchev–Trinajstić information content (AvgIpc) is 2.43. The molecule has 1 aliphatic carbocycles. The average molecular weight is 205 g/mol. The van der Waals surface area contributed by atoms with Crippen molar-refractivity contribution < 1.29 is 13.6 Å². The van der Waals surface area contributed by atoms with Crippen LogP contribution in [0.2, 0.25) is 0 Å². The zero-order valence-electron chi connectivity index (χ0n) is 6.69. The lowest BCUT2D eigenvalue weighted by molar-refractivity contribution is 0.186. The number of carbonyl (C=O) groups excluding carboxylic acids is 1. The summed E-state index contributed by atoms with van der Waals surface area (Å²) in [7, 11) is -0.00435. The SMILES string of the molecule is O=CBNC1=C(C(F)F)CC=C1Cl. The number of rotatable bonds is 4. The summed E-state index contributed by atoms with van der Waals surface area (Å²) in [6.45, 7) is 0. The lowest BCUT2D eigenvalue weighted by Crippen LogP contribution is -2.21. The maximum Gasteiger partial charge on any atom is 0.308 e. The highest BCUT2D eigenvalue weighted by molar-refractivity contribution is 6.65. The van der Waals surface area contributed by atoms with Gasteiger partial charge in [0.25, 0.3) is 6.43 Å². The van der Waals surface area contributed by atoms with Gasteiger partial charge in [-0.2, -0.15) is 0 Å². The molecule has 0 aromatic carbocycles. The number of alkyl halides is 2. The number of hydrogen-bond donors (Lipinski definition) is 1. The Bertz CT molecular complexity index is 278. The molecular weight excluding hydrogens is 198 g/mol. The molecule has 0 aromatic rings. The second kappa shape index (κ2) is 4.41. The first-order valence-electron chi connectivity index (χ1n) is 3.71. The number of allylic oxidation sites excluding steroid dienone is 3. The van der Waals surface area contributed by atoms with E-state index >= 15 is 0 Å². The monoisotopic (exact) mass is 205 g/mol. The third kappa shape index (κ3) is 2.31. The van der Waals surface area contributed by atoms with E-state index in [-0.39, 0.29) is 30.1 Å². The molecule has 0 aliphatic heterocycles. The molecule has 0 spiro atoms. The first-order chi connectivity index (χ1) is 6.16. The van der Waals surface area contributed by atoms with Crippen molar-refractivity contribution in [3.63, 3.8) is 0 Å². The topological polar surface area (TPSA) is 29.1 Å². The van der Waals surface area contributed by atoms with Crippen molar-refractivity contribution in [1.29, 1.82) is 0 Å². The fourth-order valence-electron chi connectivity index (χ4n) is 1.10. The Balaban J connectivity index is 2.76. The minimum atomic E-state index is -2.53. The van der Waals surface area contributed by atoms with E-state index in [9.17, 15) is 13.6 Å². The van der Waals surface area contributed by atoms with Crippen LogP contribution in [0.4, 0.5) is 8.78 Å². The normalized spacial score (nSPS) is 16.2. The fourth-order valence-corrected chi connectivity index (χ4v) is 1.36. The highest BCUT2D eigenvalue weighted by Crippen LogP contribution is 2.30. The molecule has 70 valence electrons. The maximum atomic E-state index is 12.3. The van der Waals surface area contributed by atoms with Gasteiger partial charge in [0.05, 0.1) is 5.03 Å². The molecule has 2 nitrogen and oxygen atoms in total. The van der Waals surface area contributed by atoms with E-state index in [2.05, 4.69) is 5.23 Å². The third-order valence-electron chi connectivity index (χ3n) is 1.69. The number of hydrogen-bond acceptors (Lipinski definition) is 2. The maximum absolute atomic E-state index is 12.3. The molecule has 0 atom stereocenters. The van der Waals surface area contributed by atoms with Crippen molar-refractivity contribution in [3.05, 3.63) is 22.4 Å². The summed E-state index contributed by atoms with van der Waals surface area (Å²) in [5.74, 6) is 0. The van der Waals surface area contributed by atoms with E-state index in [4.69, 9.17) is 11.6 Å². The van der Waals surface area contributed by atoms with Gasteiger partial charge in [-0.15, -0.1) is 0 Å². The summed E-state index contributed by atoms with van der Waals surface area (Å²) in [4.78, 5) is 10.0. The molecule has 0 radical (unpaired) electrons. The lowest BCUT2D eigenvalue weighted by Gasteiger charge is -2.07. The Hall–Kier alpha value is -0.835. The minimum Gasteiger partial charge on any atom is -0.423 e. The Kier molecular flexibility index (Phi) is 3.48. The highest BCUT2D eigenvalue weighted by Gasteiger charge is 2.22. The smallest absolute Gasteiger partial charge is 0.308 e. The molecule has 0 unspecified atom stereocenters. The molecule has 0 saturated heterocycles. The van der Waals surface area contributed by atoms with Gasteiger partial charge >= 0.3 is 7.41 Å². The number of nitrogens with one attached hydrogen (secondary N) is 1. The first kappa shape index (κ1) is 10.2. The summed E-state index contributed by atoms with van der Waals surface area (Å²) in [6.07, 6.45) is -0.284. The Labute approximate surface area is 79.9 Å². The quantitative estimate of drug-likeness (QED) is 0.551. The number of halogens is 3. The second-order valence-electron chi connectivity index (χ2n) is 2.50. The zero-order valence-corrected chi connectivity index (χ0v) is 7.44. The summed E-state index contributed by atoms with van der Waals surface area (Å²) in [5, 5.41) is 2.81. The van der Waals surface area contributed by atoms with Crippen molar-refractivity contribution in [3.8, 4) is 0 Å². The van der Waals surface area contributed by atoms with Crippen molar-refractivity contribution in [2.24, 2.45) is 0 Å². The van der Waals surface area contributed by atoms with Crippen LogP contribution in [0.15, 0.2) is 22.4 Å². The van der Waals surface area contributed by atoms with E-state index in [0.717, 1.165) is 0 Å². The Morgan fingerprint density at radius 2 is 2.38 bits per heavy atom. The van der Waals surface area contributed by atoms with Crippen LogP contribution in [0, 0.1) is 0 Å². The predicted molar refractivity (Wildman–Crippen MR) is 48.6 cm³/mol. The molecule has 6 heteroatoms. The molecule has 0 heterocycles. The molecule has 13 heavy (non-hydrogen) atoms. The minimum absolute atomic E-state index is 0.00435. The van der Waals surface area contributed by atoms with E-state index in [1.165, 1.54) is 6.08 Å². The zero-order chi connectivity index (χ0) is 9.84. The van der Waals surface area contributed by atoms with Crippen molar-refractivity contribution in [2.45, 2.75) is 12.8 Å². The molecule has 1 rings (SSSR count). The van der Waals surface area contributed by atoms with E-state index < -0.39 is 6.43 Å². The first-order valence-corrected chi connectivity index (χ1v) is 4.09. The van der Waals surface area contributed by atoms with Crippen LogP contribution in [-0.4, -0.2) is 20.0 Å². The van der Waals surface area contributed by atoms with Crippen LogP contribution in [0.25, 0.3) is 0 Å². The molecule has 0 aromatic heterocycles. The van der Waals surface area contributed by atoms with Gasteiger partial charge in [-0.25, -0.2) is 8.78 Å². The summed E-state index contributed by atoms with van der Waals surface area (Å²) in [5.41, 5.74) is 0.149. The van der Waals surface area contributed by atoms with Gasteiger partial charge in [0.1, 0.15) is 6.19 Å². The van der Waals surface area contributed by atoms with Gasteiger partial charge in [0, 0.05) is 11.3 Å². The van der Waals surface area contributed by atoms with Crippen LogP contribution in [0.3, 0.4) is 0 Å². The molecule has 0 fully saturated rings. The molecular formula is C7H7BClF2NO. The lowest BCUT2D eigenvalue weighted by atomic mass is 9.97. The molecule has 1 aliphatic rings. The van der Waals surface area contributed by atoms with Gasteiger partial charge in [0.2, 0.25) is 0 Å². The molecule has 0 bridgehead atoms. The predicted octanol–water partition coefficient (Wildman–Crippen LogP) is 1.16. The largest absolute Gasteiger partial charge is 0.423 e. The van der Waals surface area contributed by atoms with Gasteiger partial charge < -0.3 is 10.0 Å². The molecule has 1 N–H and O–H groups in total. The van der Waals surface area contributed by atoms with E-state index in [0.29, 0.717) is 6.19 Å². The van der Waals surface area contributed by atoms with Gasteiger partial charge in [0.15, 0.2) is 0 Å². The summed E-state index contributed by atoms with van der Waals surface area (Å²) >= 11 is 5.64. The van der Waals surface area contributed by atoms with Crippen LogP contribution < -0.4 is 5.23 Å². The van der Waals surface area contributed by atoms with Gasteiger partial charge in [-0.1, -0.05) is 17.7 Å². The van der Waals surface area contributed by atoms with Crippen molar-refractivity contribution in [2.75, 3.05) is 0 Å². The Morgan fingerprint density at radius 3 is 2.92 bits per heavy atom.